The van der Waals surface area contributed by atoms with E-state index < -0.39 is 57.4 Å². The highest BCUT2D eigenvalue weighted by molar-refractivity contribution is 8.04. The van der Waals surface area contributed by atoms with Gasteiger partial charge in [0.25, 0.3) is 21.0 Å². The van der Waals surface area contributed by atoms with Crippen molar-refractivity contribution < 1.29 is 32.0 Å². The van der Waals surface area contributed by atoms with E-state index in [0.29, 0.717) is 18.4 Å². The first-order chi connectivity index (χ1) is 18.2. The second-order valence-electron chi connectivity index (χ2n) is 9.34. The maximum absolute atomic E-state index is 13.6. The van der Waals surface area contributed by atoms with Crippen molar-refractivity contribution in [1.82, 2.24) is 19.5 Å². The summed E-state index contributed by atoms with van der Waals surface area (Å²) in [4.78, 5) is 57.4. The lowest BCUT2D eigenvalue weighted by Crippen LogP contribution is -2.52. The number of hydrogen-bond acceptors (Lipinski definition) is 8. The molecule has 198 valence electrons. The molecule has 3 atom stereocenters. The summed E-state index contributed by atoms with van der Waals surface area (Å²) in [5.74, 6) is -1.45. The van der Waals surface area contributed by atoms with Gasteiger partial charge in [0, 0.05) is 24.3 Å². The lowest BCUT2D eigenvalue weighted by atomic mass is 10.1. The summed E-state index contributed by atoms with van der Waals surface area (Å²) in [7, 11) is -4.51. The fraction of sp³-hybridized carbons (Fsp3) is 0.346. The molecule has 1 aromatic carbocycles. The van der Waals surface area contributed by atoms with Crippen LogP contribution < -0.4 is 5.32 Å². The predicted molar refractivity (Wildman–Crippen MR) is 135 cm³/mol. The number of nitrogens with zero attached hydrogens (tertiary/aromatic N) is 3. The molecule has 0 radical (unpaired) electrons. The molecular formula is C26H26N4O7S. The number of likely N-dealkylation sites (tertiary alicyclic amines) is 1. The van der Waals surface area contributed by atoms with Gasteiger partial charge in [0.1, 0.15) is 17.7 Å². The molecule has 2 aromatic heterocycles. The van der Waals surface area contributed by atoms with Crippen molar-refractivity contribution in [1.29, 1.82) is 0 Å². The standard InChI is InChI=1S/C26H26N4O7S/c1-2-6-18(28-24(32)22-13-16-7-3-4-9-21(16)37-22)25(33)29-12-10-19-23(29)20(31)15-30(19)38(35,36)26(34)17-8-5-11-27-14-17/h3-5,7-9,11,13-14,18-19,23H,2,6,10,12,15H2,1H3,(H,28,32). The van der Waals surface area contributed by atoms with Crippen LogP contribution in [0.15, 0.2) is 59.3 Å². The van der Waals surface area contributed by atoms with Crippen LogP contribution in [0.5, 0.6) is 0 Å². The number of Topliss-reactive ketones (excluding diaryl/α,β-unsaturated/α-hetero) is 1. The number of ketones is 1. The highest BCUT2D eigenvalue weighted by atomic mass is 32.2. The molecule has 2 aliphatic rings. The molecule has 1 N–H and O–H groups in total. The summed E-state index contributed by atoms with van der Waals surface area (Å²) in [5, 5.41) is 2.32. The Kier molecular flexibility index (Phi) is 6.84. The van der Waals surface area contributed by atoms with Crippen LogP contribution in [-0.4, -0.2) is 76.5 Å². The van der Waals surface area contributed by atoms with Gasteiger partial charge in [-0.1, -0.05) is 31.5 Å². The van der Waals surface area contributed by atoms with E-state index >= 15 is 0 Å². The molecule has 3 aromatic rings. The number of carbonyl (C=O) groups is 4. The van der Waals surface area contributed by atoms with E-state index in [1.54, 1.807) is 24.3 Å². The number of amides is 2. The number of carbonyl (C=O) groups excluding carboxylic acids is 4. The summed E-state index contributed by atoms with van der Waals surface area (Å²) >= 11 is 0. The second-order valence-corrected chi connectivity index (χ2v) is 11.1. The number of fused-ring (bicyclic) bond motifs is 2. The van der Waals surface area contributed by atoms with E-state index in [2.05, 4.69) is 10.3 Å². The average molecular weight is 539 g/mol. The van der Waals surface area contributed by atoms with E-state index in [4.69, 9.17) is 4.42 Å². The number of sulfonamides is 1. The van der Waals surface area contributed by atoms with Gasteiger partial charge in [-0.2, -0.15) is 4.31 Å². The van der Waals surface area contributed by atoms with Crippen LogP contribution in [0, 0.1) is 0 Å². The number of rotatable bonds is 7. The van der Waals surface area contributed by atoms with Gasteiger partial charge in [-0.05, 0) is 37.1 Å². The minimum Gasteiger partial charge on any atom is -0.451 e. The van der Waals surface area contributed by atoms with Gasteiger partial charge in [0.05, 0.1) is 18.2 Å². The smallest absolute Gasteiger partial charge is 0.293 e. The molecule has 4 heterocycles. The molecule has 12 heteroatoms. The quantitative estimate of drug-likeness (QED) is 0.479. The Morgan fingerprint density at radius 3 is 2.68 bits per heavy atom. The van der Waals surface area contributed by atoms with Gasteiger partial charge in [0.2, 0.25) is 5.91 Å². The molecule has 2 fully saturated rings. The van der Waals surface area contributed by atoms with Crippen molar-refractivity contribution in [3.8, 4) is 0 Å². The first kappa shape index (κ1) is 25.7. The third-order valence-electron chi connectivity index (χ3n) is 6.93. The van der Waals surface area contributed by atoms with E-state index in [1.807, 2.05) is 13.0 Å². The zero-order valence-corrected chi connectivity index (χ0v) is 21.4. The third kappa shape index (κ3) is 4.50. The van der Waals surface area contributed by atoms with Crippen molar-refractivity contribution in [2.45, 2.75) is 44.3 Å². The fourth-order valence-corrected chi connectivity index (χ4v) is 6.66. The Balaban J connectivity index is 1.34. The maximum atomic E-state index is 13.6. The molecule has 2 aliphatic heterocycles. The zero-order valence-electron chi connectivity index (χ0n) is 20.6. The largest absolute Gasteiger partial charge is 0.451 e. The van der Waals surface area contributed by atoms with Crippen LogP contribution in [0.1, 0.15) is 47.1 Å². The molecular weight excluding hydrogens is 512 g/mol. The SMILES string of the molecule is CCCC(NC(=O)c1cc2ccccc2o1)C(=O)N1CCC2C1C(=O)CN2S(=O)(=O)C(=O)c1cccnc1. The van der Waals surface area contributed by atoms with Crippen molar-refractivity contribution >= 4 is 43.7 Å². The lowest BCUT2D eigenvalue weighted by molar-refractivity contribution is -0.138. The summed E-state index contributed by atoms with van der Waals surface area (Å²) in [5.41, 5.74) is 0.433. The molecule has 38 heavy (non-hydrogen) atoms. The molecule has 3 unspecified atom stereocenters. The minimum atomic E-state index is -4.51. The average Bonchev–Trinajstić information content (AvgIpc) is 3.63. The Morgan fingerprint density at radius 2 is 1.97 bits per heavy atom. The van der Waals surface area contributed by atoms with E-state index in [9.17, 15) is 27.6 Å². The van der Waals surface area contributed by atoms with Crippen LogP contribution in [0.2, 0.25) is 0 Å². The number of pyridine rings is 1. The van der Waals surface area contributed by atoms with Crippen LogP contribution in [0.3, 0.4) is 0 Å². The summed E-state index contributed by atoms with van der Waals surface area (Å²) < 4.78 is 32.8. The Bertz CT molecular complexity index is 1490. The predicted octanol–water partition coefficient (Wildman–Crippen LogP) is 1.75. The van der Waals surface area contributed by atoms with Crippen molar-refractivity contribution in [3.05, 3.63) is 66.2 Å². The molecule has 2 amide bonds. The number of furan rings is 1. The van der Waals surface area contributed by atoms with Gasteiger partial charge < -0.3 is 14.6 Å². The van der Waals surface area contributed by atoms with Crippen LogP contribution in [0.25, 0.3) is 11.0 Å². The Labute approximate surface area is 218 Å². The summed E-state index contributed by atoms with van der Waals surface area (Å²) in [6.07, 6.45) is 3.65. The van der Waals surface area contributed by atoms with Gasteiger partial charge in [-0.15, -0.1) is 0 Å². The molecule has 11 nitrogen and oxygen atoms in total. The van der Waals surface area contributed by atoms with Crippen LogP contribution in [0.4, 0.5) is 0 Å². The first-order valence-electron chi connectivity index (χ1n) is 12.3. The van der Waals surface area contributed by atoms with Gasteiger partial charge >= 0.3 is 0 Å². The molecule has 2 saturated heterocycles. The van der Waals surface area contributed by atoms with Gasteiger partial charge in [-0.25, -0.2) is 8.42 Å². The van der Waals surface area contributed by atoms with Crippen molar-refractivity contribution in [2.24, 2.45) is 0 Å². The van der Waals surface area contributed by atoms with Crippen LogP contribution >= 0.6 is 0 Å². The lowest BCUT2D eigenvalue weighted by Gasteiger charge is -2.28. The molecule has 0 saturated carbocycles. The summed E-state index contributed by atoms with van der Waals surface area (Å²) in [6, 6.07) is 8.70. The fourth-order valence-electron chi connectivity index (χ4n) is 5.15. The second kappa shape index (κ2) is 10.1. The monoisotopic (exact) mass is 538 g/mol. The van der Waals surface area contributed by atoms with Crippen molar-refractivity contribution in [2.75, 3.05) is 13.1 Å². The van der Waals surface area contributed by atoms with Crippen molar-refractivity contribution in [3.63, 3.8) is 0 Å². The third-order valence-corrected chi connectivity index (χ3v) is 8.65. The zero-order chi connectivity index (χ0) is 27.0. The number of hydrogen-bond donors (Lipinski definition) is 1. The van der Waals surface area contributed by atoms with E-state index in [-0.39, 0.29) is 24.3 Å². The number of aromatic nitrogens is 1. The van der Waals surface area contributed by atoms with Gasteiger partial charge in [-0.3, -0.25) is 24.2 Å². The molecule has 0 aliphatic carbocycles. The minimum absolute atomic E-state index is 0.0579. The molecule has 0 bridgehead atoms. The highest BCUT2D eigenvalue weighted by Gasteiger charge is 2.55. The number of nitrogens with one attached hydrogen (secondary N) is 1. The molecule has 0 spiro atoms. The summed E-state index contributed by atoms with van der Waals surface area (Å²) in [6.45, 7) is 1.48. The normalized spacial score (nSPS) is 20.4. The highest BCUT2D eigenvalue weighted by Crippen LogP contribution is 2.33. The number of para-hydroxylation sites is 1. The van der Waals surface area contributed by atoms with Crippen LogP contribution in [-0.2, 0) is 19.6 Å². The molecule has 5 rings (SSSR count). The Hall–Kier alpha value is -3.90. The van der Waals surface area contributed by atoms with E-state index in [1.165, 1.54) is 23.2 Å². The number of benzene rings is 1. The maximum Gasteiger partial charge on any atom is 0.293 e. The van der Waals surface area contributed by atoms with Gasteiger partial charge in [0.15, 0.2) is 11.5 Å². The Morgan fingerprint density at radius 1 is 1.18 bits per heavy atom. The van der Waals surface area contributed by atoms with E-state index in [0.717, 1.165) is 15.9 Å². The topological polar surface area (TPSA) is 147 Å². The first-order valence-corrected chi connectivity index (χ1v) is 13.7.